The van der Waals surface area contributed by atoms with E-state index in [1.807, 2.05) is 30.5 Å². The van der Waals surface area contributed by atoms with Crippen molar-refractivity contribution in [3.63, 3.8) is 0 Å². The number of benzene rings is 3. The van der Waals surface area contributed by atoms with Gasteiger partial charge < -0.3 is 15.0 Å². The molecule has 0 bridgehead atoms. The van der Waals surface area contributed by atoms with E-state index in [1.165, 1.54) is 24.3 Å². The third-order valence-corrected chi connectivity index (χ3v) is 7.00. The summed E-state index contributed by atoms with van der Waals surface area (Å²) >= 11 is 3.31. The van der Waals surface area contributed by atoms with Crippen molar-refractivity contribution in [2.45, 2.75) is 18.9 Å². The van der Waals surface area contributed by atoms with Crippen LogP contribution in [0.3, 0.4) is 0 Å². The van der Waals surface area contributed by atoms with Crippen LogP contribution in [-0.2, 0) is 20.7 Å². The predicted molar refractivity (Wildman–Crippen MR) is 146 cm³/mol. The largest absolute Gasteiger partial charge is 0.454 e. The molecule has 0 radical (unpaired) electrons. The van der Waals surface area contributed by atoms with E-state index in [4.69, 9.17) is 4.74 Å². The Morgan fingerprint density at radius 3 is 2.45 bits per heavy atom. The van der Waals surface area contributed by atoms with Crippen LogP contribution in [-0.4, -0.2) is 47.7 Å². The van der Waals surface area contributed by atoms with E-state index in [0.29, 0.717) is 24.2 Å². The number of anilines is 1. The van der Waals surface area contributed by atoms with E-state index in [9.17, 15) is 19.2 Å². The number of halogens is 1. The SMILES string of the molecule is O=C(COC(=O)c1ccc(N2C(=O)CC(NCCc3c[nH]c4ccccc34)C2=O)cc1)c1ccc(Br)cc1. The van der Waals surface area contributed by atoms with Gasteiger partial charge in [0, 0.05) is 33.7 Å². The van der Waals surface area contributed by atoms with E-state index in [-0.39, 0.29) is 29.6 Å². The van der Waals surface area contributed by atoms with Gasteiger partial charge in [0.05, 0.1) is 23.7 Å². The number of amides is 2. The standard InChI is InChI=1S/C29H24BrN3O5/c30-21-9-5-18(6-10-21)26(34)17-38-29(37)19-7-11-22(12-8-19)33-27(35)15-25(28(33)36)31-14-13-20-16-32-24-4-2-1-3-23(20)24/h1-12,16,25,31-32H,13-15,17H2. The minimum atomic E-state index is -0.669. The molecule has 0 aliphatic carbocycles. The molecular formula is C29H24BrN3O5. The summed E-state index contributed by atoms with van der Waals surface area (Å²) in [6.45, 7) is 0.153. The maximum absolute atomic E-state index is 13.0. The molecule has 0 spiro atoms. The smallest absolute Gasteiger partial charge is 0.338 e. The minimum Gasteiger partial charge on any atom is -0.454 e. The van der Waals surface area contributed by atoms with Crippen molar-refractivity contribution in [2.75, 3.05) is 18.1 Å². The lowest BCUT2D eigenvalue weighted by Gasteiger charge is -2.16. The number of nitrogens with zero attached hydrogens (tertiary/aromatic N) is 1. The van der Waals surface area contributed by atoms with Crippen LogP contribution in [0.15, 0.2) is 83.5 Å². The van der Waals surface area contributed by atoms with Crippen LogP contribution in [0.25, 0.3) is 10.9 Å². The zero-order valence-electron chi connectivity index (χ0n) is 20.3. The van der Waals surface area contributed by atoms with Gasteiger partial charge in [-0.2, -0.15) is 0 Å². The molecule has 1 atom stereocenters. The molecule has 2 amide bonds. The molecule has 1 fully saturated rings. The Morgan fingerprint density at radius 2 is 1.68 bits per heavy atom. The fraction of sp³-hybridized carbons (Fsp3) is 0.172. The van der Waals surface area contributed by atoms with Crippen LogP contribution >= 0.6 is 15.9 Å². The number of carbonyl (C=O) groups is 4. The molecule has 1 aliphatic heterocycles. The highest BCUT2D eigenvalue weighted by Crippen LogP contribution is 2.24. The first-order valence-corrected chi connectivity index (χ1v) is 12.9. The van der Waals surface area contributed by atoms with Crippen LogP contribution in [0.2, 0.25) is 0 Å². The number of imide groups is 1. The number of ketones is 1. The average Bonchev–Trinajstić information content (AvgIpc) is 3.47. The number of aromatic amines is 1. The summed E-state index contributed by atoms with van der Waals surface area (Å²) in [5.41, 5.74) is 3.23. The van der Waals surface area contributed by atoms with Gasteiger partial charge in [0.15, 0.2) is 12.4 Å². The van der Waals surface area contributed by atoms with Crippen LogP contribution in [0, 0.1) is 0 Å². The number of rotatable bonds is 9. The molecule has 2 N–H and O–H groups in total. The summed E-state index contributed by atoms with van der Waals surface area (Å²) in [4.78, 5) is 54.6. The maximum Gasteiger partial charge on any atom is 0.338 e. The Hall–Kier alpha value is -4.08. The Kier molecular flexibility index (Phi) is 7.48. The first-order valence-electron chi connectivity index (χ1n) is 12.1. The van der Waals surface area contributed by atoms with Crippen molar-refractivity contribution in [3.05, 3.63) is 100 Å². The molecule has 1 aromatic heterocycles. The van der Waals surface area contributed by atoms with Crippen LogP contribution in [0.5, 0.6) is 0 Å². The highest BCUT2D eigenvalue weighted by Gasteiger charge is 2.39. The highest BCUT2D eigenvalue weighted by atomic mass is 79.9. The molecule has 3 aromatic carbocycles. The van der Waals surface area contributed by atoms with Gasteiger partial charge in [-0.05, 0) is 54.4 Å². The predicted octanol–water partition coefficient (Wildman–Crippen LogP) is 4.43. The van der Waals surface area contributed by atoms with Crippen molar-refractivity contribution in [1.82, 2.24) is 10.3 Å². The highest BCUT2D eigenvalue weighted by molar-refractivity contribution is 9.10. The molecule has 5 rings (SSSR count). The van der Waals surface area contributed by atoms with Gasteiger partial charge in [-0.1, -0.05) is 46.3 Å². The Bertz CT molecular complexity index is 1510. The first kappa shape index (κ1) is 25.6. The van der Waals surface area contributed by atoms with Crippen molar-refractivity contribution in [1.29, 1.82) is 0 Å². The number of ether oxygens (including phenoxy) is 1. The van der Waals surface area contributed by atoms with Gasteiger partial charge in [-0.3, -0.25) is 14.4 Å². The topological polar surface area (TPSA) is 109 Å². The maximum atomic E-state index is 13.0. The van der Waals surface area contributed by atoms with E-state index in [2.05, 4.69) is 26.2 Å². The summed E-state index contributed by atoms with van der Waals surface area (Å²) < 4.78 is 5.98. The van der Waals surface area contributed by atoms with Crippen LogP contribution in [0.4, 0.5) is 5.69 Å². The lowest BCUT2D eigenvalue weighted by atomic mass is 10.1. The summed E-state index contributed by atoms with van der Waals surface area (Å²) in [5, 5.41) is 4.34. The first-order chi connectivity index (χ1) is 18.4. The number of aromatic nitrogens is 1. The quantitative estimate of drug-likeness (QED) is 0.174. The molecule has 4 aromatic rings. The summed E-state index contributed by atoms with van der Waals surface area (Å²) in [5.74, 6) is -1.63. The monoisotopic (exact) mass is 573 g/mol. The number of carbonyl (C=O) groups excluding carboxylic acids is 4. The van der Waals surface area contributed by atoms with E-state index >= 15 is 0 Å². The van der Waals surface area contributed by atoms with Gasteiger partial charge in [0.1, 0.15) is 0 Å². The number of Topliss-reactive ketones (excluding diaryl/α,β-unsaturated/α-hetero) is 1. The Balaban J connectivity index is 1.15. The van der Waals surface area contributed by atoms with Gasteiger partial charge in [0.25, 0.3) is 5.91 Å². The number of fused-ring (bicyclic) bond motifs is 1. The number of H-pyrrole nitrogens is 1. The third kappa shape index (κ3) is 5.44. The van der Waals surface area contributed by atoms with Crippen molar-refractivity contribution in [2.24, 2.45) is 0 Å². The Labute approximate surface area is 227 Å². The second kappa shape index (κ2) is 11.1. The summed E-state index contributed by atoms with van der Waals surface area (Å²) in [7, 11) is 0. The van der Waals surface area contributed by atoms with Crippen molar-refractivity contribution < 1.29 is 23.9 Å². The number of hydrogen-bond acceptors (Lipinski definition) is 6. The second-order valence-electron chi connectivity index (χ2n) is 8.94. The lowest BCUT2D eigenvalue weighted by Crippen LogP contribution is -2.39. The molecule has 8 nitrogen and oxygen atoms in total. The number of para-hydroxylation sites is 1. The minimum absolute atomic E-state index is 0.0642. The Morgan fingerprint density at radius 1 is 0.974 bits per heavy atom. The van der Waals surface area contributed by atoms with Gasteiger partial charge in [-0.15, -0.1) is 0 Å². The third-order valence-electron chi connectivity index (χ3n) is 6.47. The molecule has 38 heavy (non-hydrogen) atoms. The van der Waals surface area contributed by atoms with E-state index in [1.54, 1.807) is 24.3 Å². The van der Waals surface area contributed by atoms with E-state index < -0.39 is 18.6 Å². The molecular weight excluding hydrogens is 550 g/mol. The zero-order valence-corrected chi connectivity index (χ0v) is 21.9. The lowest BCUT2D eigenvalue weighted by molar-refractivity contribution is -0.121. The van der Waals surface area contributed by atoms with Crippen molar-refractivity contribution >= 4 is 56.1 Å². The average molecular weight is 574 g/mol. The second-order valence-corrected chi connectivity index (χ2v) is 9.86. The van der Waals surface area contributed by atoms with Crippen molar-refractivity contribution in [3.8, 4) is 0 Å². The molecule has 1 unspecified atom stereocenters. The van der Waals surface area contributed by atoms with Gasteiger partial charge in [0.2, 0.25) is 5.91 Å². The van der Waals surface area contributed by atoms with E-state index in [0.717, 1.165) is 25.8 Å². The van der Waals surface area contributed by atoms with Crippen LogP contribution in [0.1, 0.15) is 32.7 Å². The molecule has 9 heteroatoms. The number of esters is 1. The van der Waals surface area contributed by atoms with Crippen LogP contribution < -0.4 is 10.2 Å². The molecule has 2 heterocycles. The molecule has 1 saturated heterocycles. The number of hydrogen-bond donors (Lipinski definition) is 2. The van der Waals surface area contributed by atoms with Gasteiger partial charge in [-0.25, -0.2) is 9.69 Å². The molecule has 0 saturated carbocycles. The fourth-order valence-corrected chi connectivity index (χ4v) is 4.73. The summed E-state index contributed by atoms with van der Waals surface area (Å²) in [6, 6.07) is 20.2. The summed E-state index contributed by atoms with van der Waals surface area (Å²) in [6.07, 6.45) is 2.74. The zero-order chi connectivity index (χ0) is 26.6. The fourth-order valence-electron chi connectivity index (χ4n) is 4.46. The normalized spacial score (nSPS) is 15.3. The number of nitrogens with one attached hydrogen (secondary N) is 2. The van der Waals surface area contributed by atoms with Gasteiger partial charge >= 0.3 is 5.97 Å². The molecule has 1 aliphatic rings. The molecule has 192 valence electrons.